The highest BCUT2D eigenvalue weighted by molar-refractivity contribution is 5.90. The van der Waals surface area contributed by atoms with Gasteiger partial charge in [0.25, 0.3) is 0 Å². The van der Waals surface area contributed by atoms with Crippen molar-refractivity contribution >= 4 is 22.7 Å². The highest BCUT2D eigenvalue weighted by Crippen LogP contribution is 2.31. The summed E-state index contributed by atoms with van der Waals surface area (Å²) in [5.74, 6) is 2.08. The molecule has 6 nitrogen and oxygen atoms in total. The third-order valence-corrected chi connectivity index (χ3v) is 8.58. The molecule has 6 heteroatoms. The van der Waals surface area contributed by atoms with Gasteiger partial charge in [-0.25, -0.2) is 4.98 Å². The van der Waals surface area contributed by atoms with Gasteiger partial charge in [-0.15, -0.1) is 0 Å². The number of hydrogen-bond acceptors (Lipinski definition) is 5. The van der Waals surface area contributed by atoms with Crippen LogP contribution in [0.5, 0.6) is 0 Å². The number of carbonyl (C=O) groups excluding carboxylic acids is 1. The summed E-state index contributed by atoms with van der Waals surface area (Å²) in [4.78, 5) is 17.6. The lowest BCUT2D eigenvalue weighted by Gasteiger charge is -2.23. The molecule has 2 N–H and O–H groups in total. The molecule has 2 aromatic heterocycles. The van der Waals surface area contributed by atoms with Gasteiger partial charge in [0.1, 0.15) is 5.82 Å². The summed E-state index contributed by atoms with van der Waals surface area (Å²) >= 11 is 0. The Kier molecular flexibility index (Phi) is 8.40. The van der Waals surface area contributed by atoms with Gasteiger partial charge in [-0.2, -0.15) is 0 Å². The van der Waals surface area contributed by atoms with Crippen LogP contribution >= 0.6 is 0 Å². The molecule has 0 bridgehead atoms. The number of fused-ring (bicyclic) bond motifs is 1. The van der Waals surface area contributed by atoms with Crippen molar-refractivity contribution in [3.8, 4) is 0 Å². The van der Waals surface area contributed by atoms with Gasteiger partial charge < -0.3 is 15.2 Å². The summed E-state index contributed by atoms with van der Waals surface area (Å²) in [7, 11) is 0. The van der Waals surface area contributed by atoms with E-state index in [4.69, 9.17) is 4.52 Å². The van der Waals surface area contributed by atoms with Crippen molar-refractivity contribution in [2.45, 2.75) is 109 Å². The Morgan fingerprint density at radius 3 is 2.81 bits per heavy atom. The van der Waals surface area contributed by atoms with E-state index in [2.05, 4.69) is 39.8 Å². The minimum absolute atomic E-state index is 0.158. The monoisotopic (exact) mass is 490 g/mol. The third kappa shape index (κ3) is 6.19. The number of aryl methyl sites for hydroxylation is 1. The van der Waals surface area contributed by atoms with E-state index in [1.165, 1.54) is 63.4 Å². The average Bonchev–Trinajstić information content (AvgIpc) is 3.17. The molecule has 0 saturated heterocycles. The topological polar surface area (TPSA) is 80.1 Å². The molecular formula is C30H42N4O2. The Hall–Kier alpha value is -2.63. The highest BCUT2D eigenvalue weighted by atomic mass is 16.5. The van der Waals surface area contributed by atoms with Crippen LogP contribution in [0.1, 0.15) is 103 Å². The first-order chi connectivity index (χ1) is 17.7. The minimum Gasteiger partial charge on any atom is -0.367 e. The van der Waals surface area contributed by atoms with E-state index in [0.717, 1.165) is 72.6 Å². The number of rotatable bonds is 8. The molecule has 2 aromatic rings. The maximum absolute atomic E-state index is 13.0. The van der Waals surface area contributed by atoms with Crippen LogP contribution in [0, 0.1) is 11.8 Å². The van der Waals surface area contributed by atoms with Gasteiger partial charge in [-0.3, -0.25) is 4.79 Å². The number of amides is 1. The Labute approximate surface area is 215 Å². The smallest absolute Gasteiger partial charge is 0.227 e. The van der Waals surface area contributed by atoms with E-state index in [1.54, 1.807) is 0 Å². The Morgan fingerprint density at radius 1 is 1.06 bits per heavy atom. The van der Waals surface area contributed by atoms with E-state index in [-0.39, 0.29) is 11.8 Å². The van der Waals surface area contributed by atoms with Crippen LogP contribution in [-0.4, -0.2) is 22.1 Å². The van der Waals surface area contributed by atoms with E-state index < -0.39 is 0 Å². The zero-order valence-corrected chi connectivity index (χ0v) is 21.9. The maximum atomic E-state index is 13.0. The molecule has 1 amide bonds. The Morgan fingerprint density at radius 2 is 1.94 bits per heavy atom. The van der Waals surface area contributed by atoms with Gasteiger partial charge in [0.2, 0.25) is 5.91 Å². The predicted octanol–water partition coefficient (Wildman–Crippen LogP) is 7.23. The van der Waals surface area contributed by atoms with Crippen LogP contribution in [-0.2, 0) is 11.2 Å². The molecule has 5 rings (SSSR count). The summed E-state index contributed by atoms with van der Waals surface area (Å²) in [5, 5.41) is 12.4. The first-order valence-corrected chi connectivity index (χ1v) is 14.4. The van der Waals surface area contributed by atoms with E-state index >= 15 is 0 Å². The summed E-state index contributed by atoms with van der Waals surface area (Å²) in [6, 6.07) is 2.39. The fourth-order valence-electron chi connectivity index (χ4n) is 6.29. The molecular weight excluding hydrogens is 448 g/mol. The normalized spacial score (nSPS) is 23.6. The number of anilines is 1. The lowest BCUT2D eigenvalue weighted by atomic mass is 9.94. The Bertz CT molecular complexity index is 1100. The van der Waals surface area contributed by atoms with E-state index in [9.17, 15) is 4.79 Å². The van der Waals surface area contributed by atoms with Crippen molar-refractivity contribution in [2.75, 3.05) is 5.32 Å². The standard InChI is InChI=1S/C30H42N4O2/c1-2-21-8-6-10-23(16-14-21)30(35)33-25-13-7-9-22(20-25)15-17-26-28-27(36-34-26)18-19-31-29(28)32-24-11-4-3-5-12-24/h13,18-21,23-24H,2-12,14-17H2,1H3,(H,31,32)(H,33,35). The largest absolute Gasteiger partial charge is 0.367 e. The molecule has 2 fully saturated rings. The Balaban J connectivity index is 1.20. The molecule has 2 unspecified atom stereocenters. The maximum Gasteiger partial charge on any atom is 0.227 e. The second-order valence-corrected chi connectivity index (χ2v) is 11.1. The predicted molar refractivity (Wildman–Crippen MR) is 145 cm³/mol. The molecule has 194 valence electrons. The van der Waals surface area contributed by atoms with Crippen LogP contribution in [0.3, 0.4) is 0 Å². The number of aromatic nitrogens is 2. The van der Waals surface area contributed by atoms with Crippen molar-refractivity contribution in [3.05, 3.63) is 41.4 Å². The van der Waals surface area contributed by atoms with Gasteiger partial charge in [0, 0.05) is 29.9 Å². The molecule has 3 aliphatic rings. The molecule has 0 aromatic carbocycles. The third-order valence-electron chi connectivity index (χ3n) is 8.58. The van der Waals surface area contributed by atoms with Crippen LogP contribution in [0.15, 0.2) is 40.2 Å². The number of pyridine rings is 1. The van der Waals surface area contributed by atoms with Crippen molar-refractivity contribution in [2.24, 2.45) is 11.8 Å². The highest BCUT2D eigenvalue weighted by Gasteiger charge is 2.24. The van der Waals surface area contributed by atoms with Gasteiger partial charge in [0.15, 0.2) is 5.58 Å². The van der Waals surface area contributed by atoms with E-state index in [0.29, 0.717) is 6.04 Å². The van der Waals surface area contributed by atoms with Crippen LogP contribution in [0.4, 0.5) is 5.82 Å². The van der Waals surface area contributed by atoms with Crippen LogP contribution in [0.25, 0.3) is 11.0 Å². The van der Waals surface area contributed by atoms with Gasteiger partial charge in [-0.1, -0.05) is 62.3 Å². The van der Waals surface area contributed by atoms with Gasteiger partial charge in [-0.05, 0) is 69.8 Å². The quantitative estimate of drug-likeness (QED) is 0.382. The fourth-order valence-corrected chi connectivity index (χ4v) is 6.29. The molecule has 0 aliphatic heterocycles. The van der Waals surface area contributed by atoms with Crippen molar-refractivity contribution in [1.29, 1.82) is 0 Å². The summed E-state index contributed by atoms with van der Waals surface area (Å²) in [5.41, 5.74) is 4.12. The number of nitrogens with zero attached hydrogens (tertiary/aromatic N) is 2. The lowest BCUT2D eigenvalue weighted by molar-refractivity contribution is -0.124. The van der Waals surface area contributed by atoms with Crippen molar-refractivity contribution in [1.82, 2.24) is 15.5 Å². The molecule has 2 heterocycles. The van der Waals surface area contributed by atoms with Crippen molar-refractivity contribution in [3.63, 3.8) is 0 Å². The number of hydrogen-bond donors (Lipinski definition) is 2. The zero-order chi connectivity index (χ0) is 24.7. The fraction of sp³-hybridized carbons (Fsp3) is 0.633. The first-order valence-electron chi connectivity index (χ1n) is 14.4. The van der Waals surface area contributed by atoms with Gasteiger partial charge in [0.05, 0.1) is 11.1 Å². The summed E-state index contributed by atoms with van der Waals surface area (Å²) in [6.45, 7) is 2.27. The second-order valence-electron chi connectivity index (χ2n) is 11.1. The summed E-state index contributed by atoms with van der Waals surface area (Å²) in [6.07, 6.45) is 23.1. The number of allylic oxidation sites excluding steroid dienone is 3. The second kappa shape index (κ2) is 12.1. The van der Waals surface area contributed by atoms with Gasteiger partial charge >= 0.3 is 0 Å². The average molecular weight is 491 g/mol. The van der Waals surface area contributed by atoms with Crippen LogP contribution in [0.2, 0.25) is 0 Å². The molecule has 0 spiro atoms. The molecule has 2 saturated carbocycles. The first kappa shape index (κ1) is 25.0. The lowest BCUT2D eigenvalue weighted by Crippen LogP contribution is -2.30. The molecule has 3 aliphatic carbocycles. The number of carbonyl (C=O) groups is 1. The summed E-state index contributed by atoms with van der Waals surface area (Å²) < 4.78 is 5.67. The minimum atomic E-state index is 0.158. The van der Waals surface area contributed by atoms with E-state index in [1.807, 2.05) is 12.3 Å². The number of nitrogens with one attached hydrogen (secondary N) is 2. The molecule has 36 heavy (non-hydrogen) atoms. The molecule has 0 radical (unpaired) electrons. The SMILES string of the molecule is CCC1CCCC(C(=O)NC2=CCCC(CCc3noc4ccnc(NC5CCCCC5)c34)=C2)CC1. The van der Waals surface area contributed by atoms with Crippen LogP contribution < -0.4 is 10.6 Å². The van der Waals surface area contributed by atoms with Crippen molar-refractivity contribution < 1.29 is 9.32 Å². The molecule has 2 atom stereocenters. The zero-order valence-electron chi connectivity index (χ0n) is 21.9.